The number of hydrogen-bond acceptors (Lipinski definition) is 5. The predicted molar refractivity (Wildman–Crippen MR) is 49.9 cm³/mol. The van der Waals surface area contributed by atoms with Crippen LogP contribution >= 0.6 is 0 Å². The molecule has 0 atom stereocenters. The Labute approximate surface area is 76.8 Å². The van der Waals surface area contributed by atoms with Crippen LogP contribution in [0.3, 0.4) is 0 Å². The summed E-state index contributed by atoms with van der Waals surface area (Å²) in [5, 5.41) is 6.50. The second-order valence-corrected chi connectivity index (χ2v) is 2.11. The number of nitrogen functional groups attached to an aromatic ring is 1. The summed E-state index contributed by atoms with van der Waals surface area (Å²) >= 11 is 0. The molecule has 5 N–H and O–H groups in total. The summed E-state index contributed by atoms with van der Waals surface area (Å²) in [6.45, 7) is 0. The first-order valence-electron chi connectivity index (χ1n) is 3.51. The highest BCUT2D eigenvalue weighted by molar-refractivity contribution is 5.51. The first-order valence-corrected chi connectivity index (χ1v) is 3.51. The summed E-state index contributed by atoms with van der Waals surface area (Å²) in [6, 6.07) is 5.26. The maximum Gasteiger partial charge on any atom is 0.162 e. The molecule has 0 aliphatic rings. The van der Waals surface area contributed by atoms with Crippen molar-refractivity contribution in [2.45, 2.75) is 0 Å². The van der Waals surface area contributed by atoms with Crippen LogP contribution in [0.25, 0.3) is 0 Å². The average molecular weight is 186 g/mol. The van der Waals surface area contributed by atoms with Gasteiger partial charge in [-0.2, -0.15) is 0 Å². The molecule has 0 saturated carbocycles. The highest BCUT2D eigenvalue weighted by Crippen LogP contribution is 2.28. The normalized spacial score (nSPS) is 8.31. The molecule has 13 heavy (non-hydrogen) atoms. The second kappa shape index (κ2) is 6.10. The van der Waals surface area contributed by atoms with Crippen molar-refractivity contribution in [3.8, 4) is 11.5 Å². The monoisotopic (exact) mass is 186 g/mol. The summed E-state index contributed by atoms with van der Waals surface area (Å²) in [5.41, 5.74) is 6.19. The second-order valence-electron chi connectivity index (χ2n) is 2.11. The van der Waals surface area contributed by atoms with Crippen LogP contribution in [0.5, 0.6) is 11.5 Å². The first kappa shape index (κ1) is 11.5. The van der Waals surface area contributed by atoms with Gasteiger partial charge in [0.25, 0.3) is 0 Å². The van der Waals surface area contributed by atoms with Crippen LogP contribution in [-0.4, -0.2) is 19.4 Å². The molecule has 1 rings (SSSR count). The zero-order valence-corrected chi connectivity index (χ0v) is 7.65. The Morgan fingerprint density at radius 3 is 2.08 bits per heavy atom. The van der Waals surface area contributed by atoms with E-state index < -0.39 is 0 Å². The number of ether oxygens (including phenoxy) is 2. The largest absolute Gasteiger partial charge is 0.493 e. The van der Waals surface area contributed by atoms with E-state index in [2.05, 4.69) is 5.90 Å². The minimum atomic E-state index is 0.660. The molecule has 5 nitrogen and oxygen atoms in total. The van der Waals surface area contributed by atoms with E-state index in [0.717, 1.165) is 0 Å². The topological polar surface area (TPSA) is 90.7 Å². The number of hydrogen-bond donors (Lipinski definition) is 3. The SMILES string of the molecule is COc1ccc(N)cc1OC.NO. The van der Waals surface area contributed by atoms with Crippen LogP contribution in [0.15, 0.2) is 18.2 Å². The summed E-state index contributed by atoms with van der Waals surface area (Å²) in [4.78, 5) is 0. The van der Waals surface area contributed by atoms with E-state index in [9.17, 15) is 0 Å². The van der Waals surface area contributed by atoms with Gasteiger partial charge in [0.1, 0.15) is 0 Å². The van der Waals surface area contributed by atoms with Crippen molar-refractivity contribution in [1.29, 1.82) is 0 Å². The van der Waals surface area contributed by atoms with Gasteiger partial charge in [-0.25, -0.2) is 5.90 Å². The molecule has 74 valence electrons. The van der Waals surface area contributed by atoms with E-state index in [1.807, 2.05) is 0 Å². The lowest BCUT2D eigenvalue weighted by atomic mass is 10.3. The van der Waals surface area contributed by atoms with Gasteiger partial charge in [0.05, 0.1) is 14.2 Å². The molecule has 0 unspecified atom stereocenters. The van der Waals surface area contributed by atoms with E-state index in [4.69, 9.17) is 20.4 Å². The summed E-state index contributed by atoms with van der Waals surface area (Å²) in [6.07, 6.45) is 0. The Bertz CT molecular complexity index is 253. The maximum atomic E-state index is 6.50. The van der Waals surface area contributed by atoms with Crippen LogP contribution in [0.4, 0.5) is 5.69 Å². The fourth-order valence-electron chi connectivity index (χ4n) is 0.853. The predicted octanol–water partition coefficient (Wildman–Crippen LogP) is 0.620. The average Bonchev–Trinajstić information content (AvgIpc) is 2.20. The molecule has 0 aromatic heterocycles. The molecule has 0 amide bonds. The van der Waals surface area contributed by atoms with Gasteiger partial charge >= 0.3 is 0 Å². The molecule has 0 spiro atoms. The van der Waals surface area contributed by atoms with Gasteiger partial charge < -0.3 is 20.4 Å². The van der Waals surface area contributed by atoms with Crippen LogP contribution in [-0.2, 0) is 0 Å². The Morgan fingerprint density at radius 2 is 1.62 bits per heavy atom. The number of methoxy groups -OCH3 is 2. The number of rotatable bonds is 2. The minimum Gasteiger partial charge on any atom is -0.493 e. The number of benzene rings is 1. The van der Waals surface area contributed by atoms with Crippen LogP contribution in [0.2, 0.25) is 0 Å². The Morgan fingerprint density at radius 1 is 1.08 bits per heavy atom. The highest BCUT2D eigenvalue weighted by atomic mass is 16.5. The first-order chi connectivity index (χ1) is 6.27. The lowest BCUT2D eigenvalue weighted by Gasteiger charge is -2.06. The van der Waals surface area contributed by atoms with Gasteiger partial charge in [0, 0.05) is 11.8 Å². The number of anilines is 1. The van der Waals surface area contributed by atoms with E-state index in [1.165, 1.54) is 0 Å². The van der Waals surface area contributed by atoms with Gasteiger partial charge in [0.15, 0.2) is 11.5 Å². The molecular weight excluding hydrogens is 172 g/mol. The lowest BCUT2D eigenvalue weighted by Crippen LogP contribution is -1.92. The molecule has 0 aliphatic heterocycles. The van der Waals surface area contributed by atoms with Crippen LogP contribution < -0.4 is 21.1 Å². The van der Waals surface area contributed by atoms with Crippen molar-refractivity contribution in [1.82, 2.24) is 0 Å². The van der Waals surface area contributed by atoms with Crippen LogP contribution in [0, 0.1) is 0 Å². The van der Waals surface area contributed by atoms with Crippen LogP contribution in [0.1, 0.15) is 0 Å². The lowest BCUT2D eigenvalue weighted by molar-refractivity contribution is 0.311. The molecule has 0 radical (unpaired) electrons. The molecule has 5 heteroatoms. The van der Waals surface area contributed by atoms with E-state index >= 15 is 0 Å². The zero-order chi connectivity index (χ0) is 10.3. The maximum absolute atomic E-state index is 6.50. The van der Waals surface area contributed by atoms with Crippen molar-refractivity contribution in [3.63, 3.8) is 0 Å². The smallest absolute Gasteiger partial charge is 0.162 e. The van der Waals surface area contributed by atoms with Gasteiger partial charge in [-0.1, -0.05) is 0 Å². The quantitative estimate of drug-likeness (QED) is 0.465. The molecular formula is C8H14N2O3. The Hall–Kier alpha value is -1.46. The van der Waals surface area contributed by atoms with Gasteiger partial charge in [-0.3, -0.25) is 0 Å². The van der Waals surface area contributed by atoms with Gasteiger partial charge in [0.2, 0.25) is 0 Å². The molecule has 0 heterocycles. The standard InChI is InChI=1S/C8H11NO2.H3NO/c1-10-7-4-3-6(9)5-8(7)11-2;1-2/h3-5H,9H2,1-2H3;2H,1H2. The highest BCUT2D eigenvalue weighted by Gasteiger charge is 2.00. The van der Waals surface area contributed by atoms with E-state index in [1.54, 1.807) is 32.4 Å². The Balaban J connectivity index is 0.000000671. The molecule has 0 fully saturated rings. The molecule has 0 saturated heterocycles. The number of nitrogens with two attached hydrogens (primary N) is 2. The zero-order valence-electron chi connectivity index (χ0n) is 7.65. The molecule has 1 aromatic carbocycles. The van der Waals surface area contributed by atoms with Gasteiger partial charge in [-0.15, -0.1) is 0 Å². The molecule has 0 bridgehead atoms. The third-order valence-corrected chi connectivity index (χ3v) is 1.41. The summed E-state index contributed by atoms with van der Waals surface area (Å²) in [5.74, 6) is 4.86. The van der Waals surface area contributed by atoms with Crippen molar-refractivity contribution >= 4 is 5.69 Å². The van der Waals surface area contributed by atoms with E-state index in [-0.39, 0.29) is 0 Å². The summed E-state index contributed by atoms with van der Waals surface area (Å²) in [7, 11) is 3.17. The Kier molecular flexibility index (Phi) is 5.42. The van der Waals surface area contributed by atoms with Crippen molar-refractivity contribution in [2.75, 3.05) is 20.0 Å². The molecule has 1 aromatic rings. The van der Waals surface area contributed by atoms with E-state index in [0.29, 0.717) is 17.2 Å². The fourth-order valence-corrected chi connectivity index (χ4v) is 0.853. The third-order valence-electron chi connectivity index (χ3n) is 1.41. The summed E-state index contributed by atoms with van der Waals surface area (Å²) < 4.78 is 10.0. The van der Waals surface area contributed by atoms with Gasteiger partial charge in [-0.05, 0) is 12.1 Å². The fraction of sp³-hybridized carbons (Fsp3) is 0.250. The van der Waals surface area contributed by atoms with Crippen molar-refractivity contribution < 1.29 is 14.7 Å². The van der Waals surface area contributed by atoms with Crippen molar-refractivity contribution in [2.24, 2.45) is 5.90 Å². The minimum absolute atomic E-state index is 0.660. The van der Waals surface area contributed by atoms with Crippen molar-refractivity contribution in [3.05, 3.63) is 18.2 Å². The third kappa shape index (κ3) is 3.18. The molecule has 0 aliphatic carbocycles.